The third-order valence-corrected chi connectivity index (χ3v) is 5.91. The molecule has 2 aliphatic rings. The Labute approximate surface area is 161 Å². The van der Waals surface area contributed by atoms with Gasteiger partial charge in [0.05, 0.1) is 5.60 Å². The van der Waals surface area contributed by atoms with Crippen LogP contribution in [0.1, 0.15) is 36.0 Å². The van der Waals surface area contributed by atoms with Crippen molar-refractivity contribution in [2.24, 2.45) is 0 Å². The number of carbonyl (C=O) groups excluding carboxylic acids is 1. The van der Waals surface area contributed by atoms with Crippen molar-refractivity contribution in [1.29, 1.82) is 0 Å². The molecule has 0 saturated carbocycles. The van der Waals surface area contributed by atoms with Crippen LogP contribution in [0.4, 0.5) is 0 Å². The van der Waals surface area contributed by atoms with E-state index >= 15 is 0 Å². The Hall–Kier alpha value is -2.17. The molecular formula is C23H28N2O2. The Morgan fingerprint density at radius 2 is 1.56 bits per heavy atom. The third kappa shape index (κ3) is 4.23. The number of β-amino-alcohol motifs (C(OH)–C–C–N with tert-alkyl or cyclic N) is 1. The van der Waals surface area contributed by atoms with E-state index in [0.717, 1.165) is 36.3 Å². The normalized spacial score (nSPS) is 20.0. The fourth-order valence-corrected chi connectivity index (χ4v) is 4.29. The maximum absolute atomic E-state index is 13.0. The van der Waals surface area contributed by atoms with Crippen molar-refractivity contribution in [3.63, 3.8) is 0 Å². The van der Waals surface area contributed by atoms with E-state index < -0.39 is 5.60 Å². The van der Waals surface area contributed by atoms with Gasteiger partial charge in [-0.1, -0.05) is 42.5 Å². The van der Waals surface area contributed by atoms with Crippen molar-refractivity contribution < 1.29 is 9.90 Å². The number of rotatable bonds is 4. The highest BCUT2D eigenvalue weighted by Gasteiger charge is 2.36. The van der Waals surface area contributed by atoms with E-state index in [0.29, 0.717) is 25.9 Å². The standard InChI is InChI=1S/C23H28N2O2/c26-22(21-10-6-9-20(17-21)19-7-2-1-3-8-19)25-15-11-23(27,12-16-25)18-24-13-4-5-14-24/h1-3,6-10,17,27H,4-5,11-16,18H2. The summed E-state index contributed by atoms with van der Waals surface area (Å²) in [6.45, 7) is 4.18. The molecule has 0 radical (unpaired) electrons. The molecule has 1 N–H and O–H groups in total. The van der Waals surface area contributed by atoms with Gasteiger partial charge in [-0.25, -0.2) is 0 Å². The Morgan fingerprint density at radius 1 is 0.889 bits per heavy atom. The van der Waals surface area contributed by atoms with E-state index in [1.54, 1.807) is 0 Å². The third-order valence-electron chi connectivity index (χ3n) is 5.91. The fourth-order valence-electron chi connectivity index (χ4n) is 4.29. The maximum atomic E-state index is 13.0. The zero-order chi connectivity index (χ0) is 18.7. The van der Waals surface area contributed by atoms with Gasteiger partial charge in [-0.3, -0.25) is 4.79 Å². The lowest BCUT2D eigenvalue weighted by Gasteiger charge is -2.40. The van der Waals surface area contributed by atoms with Crippen LogP contribution in [-0.4, -0.2) is 59.1 Å². The molecule has 0 aliphatic carbocycles. The molecule has 2 saturated heterocycles. The number of amides is 1. The fraction of sp³-hybridized carbons (Fsp3) is 0.435. The first kappa shape index (κ1) is 18.2. The van der Waals surface area contributed by atoms with E-state index in [4.69, 9.17) is 0 Å². The first-order valence-electron chi connectivity index (χ1n) is 10.0. The van der Waals surface area contributed by atoms with Crippen molar-refractivity contribution >= 4 is 5.91 Å². The lowest BCUT2D eigenvalue weighted by atomic mass is 9.90. The number of piperidine rings is 1. The van der Waals surface area contributed by atoms with Crippen LogP contribution in [0.5, 0.6) is 0 Å². The molecular weight excluding hydrogens is 336 g/mol. The molecule has 0 aromatic heterocycles. The van der Waals surface area contributed by atoms with E-state index in [1.807, 2.05) is 47.4 Å². The summed E-state index contributed by atoms with van der Waals surface area (Å²) in [5.41, 5.74) is 2.25. The number of benzene rings is 2. The molecule has 4 heteroatoms. The summed E-state index contributed by atoms with van der Waals surface area (Å²) in [5.74, 6) is 0.0657. The minimum atomic E-state index is -0.646. The zero-order valence-corrected chi connectivity index (χ0v) is 15.8. The molecule has 4 rings (SSSR count). The van der Waals surface area contributed by atoms with Gasteiger partial charge in [0.25, 0.3) is 5.91 Å². The monoisotopic (exact) mass is 364 g/mol. The van der Waals surface area contributed by atoms with Crippen LogP contribution < -0.4 is 0 Å². The minimum Gasteiger partial charge on any atom is -0.388 e. The predicted molar refractivity (Wildman–Crippen MR) is 108 cm³/mol. The number of nitrogens with zero attached hydrogens (tertiary/aromatic N) is 2. The predicted octanol–water partition coefficient (Wildman–Crippen LogP) is 3.42. The highest BCUT2D eigenvalue weighted by atomic mass is 16.3. The summed E-state index contributed by atoms with van der Waals surface area (Å²) < 4.78 is 0. The van der Waals surface area contributed by atoms with Gasteiger partial charge >= 0.3 is 0 Å². The number of hydrogen-bond donors (Lipinski definition) is 1. The molecule has 4 nitrogen and oxygen atoms in total. The van der Waals surface area contributed by atoms with Gasteiger partial charge < -0.3 is 14.9 Å². The van der Waals surface area contributed by atoms with Crippen molar-refractivity contribution in [1.82, 2.24) is 9.80 Å². The first-order valence-corrected chi connectivity index (χ1v) is 10.0. The second-order valence-corrected chi connectivity index (χ2v) is 7.95. The molecule has 27 heavy (non-hydrogen) atoms. The summed E-state index contributed by atoms with van der Waals surface area (Å²) in [6.07, 6.45) is 3.79. The summed E-state index contributed by atoms with van der Waals surface area (Å²) in [7, 11) is 0. The molecule has 2 aromatic carbocycles. The molecule has 2 aliphatic heterocycles. The van der Waals surface area contributed by atoms with Crippen LogP contribution in [0.3, 0.4) is 0 Å². The van der Waals surface area contributed by atoms with Gasteiger partial charge in [0.1, 0.15) is 0 Å². The van der Waals surface area contributed by atoms with Crippen LogP contribution in [-0.2, 0) is 0 Å². The molecule has 2 fully saturated rings. The molecule has 0 bridgehead atoms. The largest absolute Gasteiger partial charge is 0.388 e. The molecule has 0 spiro atoms. The smallest absolute Gasteiger partial charge is 0.253 e. The number of hydrogen-bond acceptors (Lipinski definition) is 3. The van der Waals surface area contributed by atoms with E-state index in [1.165, 1.54) is 12.8 Å². The average molecular weight is 364 g/mol. The summed E-state index contributed by atoms with van der Waals surface area (Å²) >= 11 is 0. The number of carbonyl (C=O) groups is 1. The molecule has 142 valence electrons. The van der Waals surface area contributed by atoms with Crippen LogP contribution >= 0.6 is 0 Å². The van der Waals surface area contributed by atoms with Gasteiger partial charge in [0.15, 0.2) is 0 Å². The maximum Gasteiger partial charge on any atom is 0.253 e. The van der Waals surface area contributed by atoms with Crippen molar-refractivity contribution in [3.8, 4) is 11.1 Å². The molecule has 2 heterocycles. The minimum absolute atomic E-state index is 0.0657. The van der Waals surface area contributed by atoms with Crippen molar-refractivity contribution in [3.05, 3.63) is 60.2 Å². The Kier molecular flexibility index (Phi) is 5.28. The van der Waals surface area contributed by atoms with Crippen molar-refractivity contribution in [2.45, 2.75) is 31.3 Å². The van der Waals surface area contributed by atoms with Crippen LogP contribution in [0, 0.1) is 0 Å². The van der Waals surface area contributed by atoms with Crippen LogP contribution in [0.15, 0.2) is 54.6 Å². The second kappa shape index (κ2) is 7.83. The SMILES string of the molecule is O=C(c1cccc(-c2ccccc2)c1)N1CCC(O)(CN2CCCC2)CC1. The van der Waals surface area contributed by atoms with E-state index in [2.05, 4.69) is 17.0 Å². The van der Waals surface area contributed by atoms with Gasteiger partial charge in [0.2, 0.25) is 0 Å². The summed E-state index contributed by atoms with van der Waals surface area (Å²) in [5, 5.41) is 10.9. The van der Waals surface area contributed by atoms with E-state index in [9.17, 15) is 9.90 Å². The van der Waals surface area contributed by atoms with Gasteiger partial charge in [-0.15, -0.1) is 0 Å². The lowest BCUT2D eigenvalue weighted by Crippen LogP contribution is -2.51. The number of likely N-dealkylation sites (tertiary alicyclic amines) is 2. The molecule has 0 atom stereocenters. The van der Waals surface area contributed by atoms with E-state index in [-0.39, 0.29) is 5.91 Å². The van der Waals surface area contributed by atoms with Crippen molar-refractivity contribution in [2.75, 3.05) is 32.7 Å². The van der Waals surface area contributed by atoms with Gasteiger partial charge in [-0.05, 0) is 62.0 Å². The Balaban J connectivity index is 1.41. The quantitative estimate of drug-likeness (QED) is 0.904. The van der Waals surface area contributed by atoms with Gasteiger partial charge in [-0.2, -0.15) is 0 Å². The van der Waals surface area contributed by atoms with Gasteiger partial charge in [0, 0.05) is 25.2 Å². The second-order valence-electron chi connectivity index (χ2n) is 7.95. The first-order chi connectivity index (χ1) is 13.1. The van der Waals surface area contributed by atoms with Crippen LogP contribution in [0.25, 0.3) is 11.1 Å². The zero-order valence-electron chi connectivity index (χ0n) is 15.8. The Bertz CT molecular complexity index is 776. The molecule has 2 aromatic rings. The molecule has 1 amide bonds. The molecule has 0 unspecified atom stereocenters. The summed E-state index contributed by atoms with van der Waals surface area (Å²) in [4.78, 5) is 17.2. The lowest BCUT2D eigenvalue weighted by molar-refractivity contribution is -0.0367. The van der Waals surface area contributed by atoms with Crippen LogP contribution in [0.2, 0.25) is 0 Å². The highest BCUT2D eigenvalue weighted by molar-refractivity contribution is 5.95. The summed E-state index contributed by atoms with van der Waals surface area (Å²) in [6, 6.07) is 18.0. The average Bonchev–Trinajstić information content (AvgIpc) is 3.21. The topological polar surface area (TPSA) is 43.8 Å². The Morgan fingerprint density at radius 3 is 2.26 bits per heavy atom. The number of aliphatic hydroxyl groups is 1. The highest BCUT2D eigenvalue weighted by Crippen LogP contribution is 2.27.